The highest BCUT2D eigenvalue weighted by Crippen LogP contribution is 2.38. The maximum Gasteiger partial charge on any atom is 0.257 e. The molecule has 162 valence electrons. The quantitative estimate of drug-likeness (QED) is 0.398. The van der Waals surface area contributed by atoms with E-state index in [1.165, 1.54) is 11.8 Å². The summed E-state index contributed by atoms with van der Waals surface area (Å²) in [5, 5.41) is 12.9. The van der Waals surface area contributed by atoms with Crippen LogP contribution in [0.3, 0.4) is 0 Å². The van der Waals surface area contributed by atoms with Crippen molar-refractivity contribution < 1.29 is 9.59 Å². The van der Waals surface area contributed by atoms with Gasteiger partial charge in [0.25, 0.3) is 5.91 Å². The molecule has 1 aliphatic carbocycles. The number of rotatable bonds is 7. The Bertz CT molecular complexity index is 1240. The third kappa shape index (κ3) is 4.46. The first-order valence-electron chi connectivity index (χ1n) is 10.5. The van der Waals surface area contributed by atoms with Crippen molar-refractivity contribution in [3.63, 3.8) is 0 Å². The monoisotopic (exact) mass is 444 g/mol. The van der Waals surface area contributed by atoms with Crippen LogP contribution < -0.4 is 5.32 Å². The Morgan fingerprint density at radius 3 is 2.53 bits per heavy atom. The minimum absolute atomic E-state index is 0.0178. The second-order valence-electron chi connectivity index (χ2n) is 8.00. The molecule has 1 aromatic carbocycles. The normalized spacial score (nSPS) is 12.9. The molecule has 0 spiro atoms. The maximum absolute atomic E-state index is 12.9. The molecule has 1 amide bonds. The molecule has 0 atom stereocenters. The highest BCUT2D eigenvalue weighted by molar-refractivity contribution is 8.00. The zero-order valence-corrected chi connectivity index (χ0v) is 19.1. The van der Waals surface area contributed by atoms with Gasteiger partial charge in [0.1, 0.15) is 11.1 Å². The van der Waals surface area contributed by atoms with Crippen LogP contribution in [0, 0.1) is 32.1 Å². The lowest BCUT2D eigenvalue weighted by molar-refractivity contribution is 0.101. The topological polar surface area (TPSA) is 87.8 Å². The minimum Gasteiger partial charge on any atom is -0.345 e. The number of benzene rings is 1. The summed E-state index contributed by atoms with van der Waals surface area (Å²) in [5.41, 5.74) is 4.66. The van der Waals surface area contributed by atoms with Gasteiger partial charge < -0.3 is 9.88 Å². The van der Waals surface area contributed by atoms with Crippen molar-refractivity contribution in [2.45, 2.75) is 44.7 Å². The van der Waals surface area contributed by atoms with E-state index in [1.807, 2.05) is 38.1 Å². The van der Waals surface area contributed by atoms with Crippen LogP contribution in [0.2, 0.25) is 0 Å². The van der Waals surface area contributed by atoms with E-state index in [2.05, 4.69) is 20.9 Å². The summed E-state index contributed by atoms with van der Waals surface area (Å²) < 4.78 is 2.25. The van der Waals surface area contributed by atoms with Crippen LogP contribution in [0.5, 0.6) is 0 Å². The number of amides is 1. The van der Waals surface area contributed by atoms with E-state index in [0.717, 1.165) is 29.8 Å². The molecule has 2 aromatic heterocycles. The lowest BCUT2D eigenvalue weighted by Crippen LogP contribution is -2.15. The molecule has 4 rings (SSSR count). The van der Waals surface area contributed by atoms with Gasteiger partial charge in [-0.15, -0.1) is 0 Å². The fourth-order valence-electron chi connectivity index (χ4n) is 3.89. The van der Waals surface area contributed by atoms with Crippen LogP contribution in [0.25, 0.3) is 0 Å². The summed E-state index contributed by atoms with van der Waals surface area (Å²) >= 11 is 1.24. The number of Topliss-reactive ketones (excluding diaryl/α,β-unsaturated/α-hetero) is 1. The van der Waals surface area contributed by atoms with Crippen LogP contribution in [0.1, 0.15) is 62.2 Å². The first-order chi connectivity index (χ1) is 15.4. The number of pyridine rings is 1. The lowest BCUT2D eigenvalue weighted by atomic mass is 10.1. The van der Waals surface area contributed by atoms with Gasteiger partial charge >= 0.3 is 0 Å². The number of ketones is 1. The Morgan fingerprint density at radius 2 is 1.88 bits per heavy atom. The molecule has 2 heterocycles. The van der Waals surface area contributed by atoms with E-state index in [4.69, 9.17) is 0 Å². The smallest absolute Gasteiger partial charge is 0.257 e. The summed E-state index contributed by atoms with van der Waals surface area (Å²) in [5.74, 6) is -0.117. The van der Waals surface area contributed by atoms with Gasteiger partial charge in [-0.05, 0) is 57.9 Å². The van der Waals surface area contributed by atoms with E-state index in [-0.39, 0.29) is 23.0 Å². The summed E-state index contributed by atoms with van der Waals surface area (Å²) in [7, 11) is 0. The molecule has 7 heteroatoms. The predicted molar refractivity (Wildman–Crippen MR) is 125 cm³/mol. The first kappa shape index (κ1) is 21.8. The minimum atomic E-state index is -0.321. The molecule has 6 nitrogen and oxygen atoms in total. The Morgan fingerprint density at radius 1 is 1.16 bits per heavy atom. The van der Waals surface area contributed by atoms with Gasteiger partial charge in [0.15, 0.2) is 5.78 Å². The molecular formula is C25H24N4O2S. The Hall–Kier alpha value is -3.37. The number of carbonyl (C=O) groups is 2. The summed E-state index contributed by atoms with van der Waals surface area (Å²) in [6.07, 6.45) is 2.33. The summed E-state index contributed by atoms with van der Waals surface area (Å²) in [4.78, 5) is 30.1. The first-order valence-corrected chi connectivity index (χ1v) is 11.5. The standard InChI is InChI=1S/C25H24N4O2S/c1-15-11-22(17(3)29(15)20-9-10-20)23(30)14-32-25-18(13-26)12-21(16(2)27-25)24(31)28-19-7-5-4-6-8-19/h4-8,11-12,20H,9-10,14H2,1-3H3,(H,28,31). The highest BCUT2D eigenvalue weighted by atomic mass is 32.2. The van der Waals surface area contributed by atoms with Gasteiger partial charge in [-0.2, -0.15) is 5.26 Å². The summed E-state index contributed by atoms with van der Waals surface area (Å²) in [6, 6.07) is 15.3. The Balaban J connectivity index is 1.50. The molecule has 1 saturated carbocycles. The number of aryl methyl sites for hydroxylation is 2. The van der Waals surface area contributed by atoms with Gasteiger partial charge in [0, 0.05) is 28.7 Å². The van der Waals surface area contributed by atoms with Gasteiger partial charge in [-0.25, -0.2) is 4.98 Å². The van der Waals surface area contributed by atoms with E-state index in [0.29, 0.717) is 28.0 Å². The number of thioether (sulfide) groups is 1. The highest BCUT2D eigenvalue weighted by Gasteiger charge is 2.28. The molecule has 0 unspecified atom stereocenters. The van der Waals surface area contributed by atoms with Crippen molar-refractivity contribution in [1.82, 2.24) is 9.55 Å². The van der Waals surface area contributed by atoms with Gasteiger partial charge in [-0.1, -0.05) is 30.0 Å². The van der Waals surface area contributed by atoms with Crippen LogP contribution in [0.4, 0.5) is 5.69 Å². The van der Waals surface area contributed by atoms with Crippen LogP contribution in [0.15, 0.2) is 47.5 Å². The zero-order valence-electron chi connectivity index (χ0n) is 18.3. The molecule has 0 bridgehead atoms. The second-order valence-corrected chi connectivity index (χ2v) is 8.97. The molecule has 3 aromatic rings. The molecule has 1 N–H and O–H groups in total. The largest absolute Gasteiger partial charge is 0.345 e. The SMILES string of the molecule is Cc1nc(SCC(=O)c2cc(C)n(C3CC3)c2C)c(C#N)cc1C(=O)Nc1ccccc1. The average Bonchev–Trinajstić information content (AvgIpc) is 3.56. The van der Waals surface area contributed by atoms with E-state index in [9.17, 15) is 14.9 Å². The molecule has 0 saturated heterocycles. The fourth-order valence-corrected chi connectivity index (χ4v) is 4.77. The molecule has 1 fully saturated rings. The van der Waals surface area contributed by atoms with Crippen molar-refractivity contribution in [2.75, 3.05) is 11.1 Å². The van der Waals surface area contributed by atoms with Crippen molar-refractivity contribution in [3.8, 4) is 6.07 Å². The molecular weight excluding hydrogens is 420 g/mol. The summed E-state index contributed by atoms with van der Waals surface area (Å²) in [6.45, 7) is 5.76. The third-order valence-corrected chi connectivity index (χ3v) is 6.60. The van der Waals surface area contributed by atoms with Crippen LogP contribution in [-0.2, 0) is 0 Å². The predicted octanol–water partition coefficient (Wildman–Crippen LogP) is 5.24. The van der Waals surface area contributed by atoms with E-state index >= 15 is 0 Å². The van der Waals surface area contributed by atoms with Gasteiger partial charge in [-0.3, -0.25) is 9.59 Å². The molecule has 1 aliphatic rings. The average molecular weight is 445 g/mol. The lowest BCUT2D eigenvalue weighted by Gasteiger charge is -2.10. The van der Waals surface area contributed by atoms with Crippen molar-refractivity contribution >= 4 is 29.1 Å². The third-order valence-electron chi connectivity index (χ3n) is 5.61. The Labute approximate surface area is 191 Å². The van der Waals surface area contributed by atoms with Gasteiger partial charge in [0.2, 0.25) is 0 Å². The van der Waals surface area contributed by atoms with E-state index in [1.54, 1.807) is 25.1 Å². The van der Waals surface area contributed by atoms with Gasteiger partial charge in [0.05, 0.1) is 22.6 Å². The number of hydrogen-bond acceptors (Lipinski definition) is 5. The number of nitrogens with zero attached hydrogens (tertiary/aromatic N) is 3. The van der Waals surface area contributed by atoms with Crippen molar-refractivity contribution in [2.24, 2.45) is 0 Å². The van der Waals surface area contributed by atoms with Crippen molar-refractivity contribution in [1.29, 1.82) is 5.26 Å². The molecule has 32 heavy (non-hydrogen) atoms. The number of para-hydroxylation sites is 1. The van der Waals surface area contributed by atoms with Crippen molar-refractivity contribution in [3.05, 3.63) is 76.2 Å². The molecule has 0 aliphatic heterocycles. The Kier molecular flexibility index (Phi) is 6.15. The van der Waals surface area contributed by atoms with E-state index < -0.39 is 0 Å². The van der Waals surface area contributed by atoms with Crippen LogP contribution in [-0.4, -0.2) is 27.0 Å². The zero-order chi connectivity index (χ0) is 22.8. The number of aromatic nitrogens is 2. The number of nitrogens with one attached hydrogen (secondary N) is 1. The molecule has 0 radical (unpaired) electrons. The number of hydrogen-bond donors (Lipinski definition) is 1. The number of anilines is 1. The maximum atomic E-state index is 12.9. The fraction of sp³-hybridized carbons (Fsp3) is 0.280. The van der Waals surface area contributed by atoms with Crippen LogP contribution >= 0.6 is 11.8 Å². The second kappa shape index (κ2) is 9.01. The number of nitriles is 1. The number of carbonyl (C=O) groups excluding carboxylic acids is 2.